The predicted molar refractivity (Wildman–Crippen MR) is 46.0 cm³/mol. The Kier molecular flexibility index (Phi) is 5.64. The van der Waals surface area contributed by atoms with Gasteiger partial charge in [-0.1, -0.05) is 6.92 Å². The third-order valence-electron chi connectivity index (χ3n) is 1.67. The summed E-state index contributed by atoms with van der Waals surface area (Å²) in [6.45, 7) is 5.41. The van der Waals surface area contributed by atoms with Crippen molar-refractivity contribution in [1.29, 1.82) is 0 Å². The van der Waals surface area contributed by atoms with Crippen molar-refractivity contribution in [2.24, 2.45) is 11.7 Å². The van der Waals surface area contributed by atoms with Gasteiger partial charge in [0, 0.05) is 6.04 Å². The van der Waals surface area contributed by atoms with Gasteiger partial charge in [-0.25, -0.2) is 0 Å². The predicted octanol–water partition coefficient (Wildman–Crippen LogP) is 0.969. The molecule has 0 amide bonds. The number of hydrogen-bond donors (Lipinski definition) is 2. The first-order valence-corrected chi connectivity index (χ1v) is 4.07. The Balaban J connectivity index is 3.12. The monoisotopic (exact) mass is 144 g/mol. The highest BCUT2D eigenvalue weighted by molar-refractivity contribution is 4.59. The van der Waals surface area contributed by atoms with Crippen LogP contribution in [0.1, 0.15) is 26.7 Å². The summed E-state index contributed by atoms with van der Waals surface area (Å²) >= 11 is 0. The Labute approximate surface area is 64.2 Å². The van der Waals surface area contributed by atoms with Gasteiger partial charge >= 0.3 is 0 Å². The van der Waals surface area contributed by atoms with Crippen molar-refractivity contribution in [3.63, 3.8) is 0 Å². The third-order valence-corrected chi connectivity index (χ3v) is 1.67. The Morgan fingerprint density at radius 2 is 1.90 bits per heavy atom. The zero-order valence-corrected chi connectivity index (χ0v) is 7.35. The molecule has 3 N–H and O–H groups in total. The second-order valence-corrected chi connectivity index (χ2v) is 3.22. The number of nitrogens with two attached hydrogens (primary N) is 1. The van der Waals surface area contributed by atoms with Gasteiger partial charge in [-0.05, 0) is 39.3 Å². The molecular weight excluding hydrogens is 124 g/mol. The molecule has 0 spiro atoms. The van der Waals surface area contributed by atoms with Gasteiger partial charge in [-0.3, -0.25) is 0 Å². The lowest BCUT2D eigenvalue weighted by atomic mass is 10.0. The van der Waals surface area contributed by atoms with Crippen molar-refractivity contribution in [1.82, 2.24) is 5.32 Å². The van der Waals surface area contributed by atoms with Gasteiger partial charge in [0.25, 0.3) is 0 Å². The molecule has 2 atom stereocenters. The van der Waals surface area contributed by atoms with E-state index in [9.17, 15) is 0 Å². The van der Waals surface area contributed by atoms with E-state index in [1.807, 2.05) is 7.05 Å². The highest BCUT2D eigenvalue weighted by Gasteiger charge is 2.01. The molecule has 0 heterocycles. The van der Waals surface area contributed by atoms with Gasteiger partial charge in [-0.15, -0.1) is 0 Å². The summed E-state index contributed by atoms with van der Waals surface area (Å²) in [6, 6.07) is 0.360. The van der Waals surface area contributed by atoms with Crippen molar-refractivity contribution in [2.75, 3.05) is 13.6 Å². The van der Waals surface area contributed by atoms with Crippen LogP contribution in [0.3, 0.4) is 0 Å². The molecule has 0 aliphatic rings. The SMILES string of the molecule is CNCC(C)CCC(C)N. The summed E-state index contributed by atoms with van der Waals surface area (Å²) in [5.41, 5.74) is 5.62. The lowest BCUT2D eigenvalue weighted by Gasteiger charge is -2.11. The lowest BCUT2D eigenvalue weighted by molar-refractivity contribution is 0.463. The highest BCUT2D eigenvalue weighted by Crippen LogP contribution is 2.04. The summed E-state index contributed by atoms with van der Waals surface area (Å²) in [5, 5.41) is 3.15. The minimum absolute atomic E-state index is 0.360. The number of nitrogens with one attached hydrogen (secondary N) is 1. The minimum Gasteiger partial charge on any atom is -0.328 e. The first kappa shape index (κ1) is 9.92. The fourth-order valence-corrected chi connectivity index (χ4v) is 0.998. The van der Waals surface area contributed by atoms with E-state index in [-0.39, 0.29) is 0 Å². The van der Waals surface area contributed by atoms with Crippen LogP contribution in [-0.2, 0) is 0 Å². The fourth-order valence-electron chi connectivity index (χ4n) is 0.998. The maximum Gasteiger partial charge on any atom is 0.00105 e. The van der Waals surface area contributed by atoms with E-state index in [1.165, 1.54) is 6.42 Å². The van der Waals surface area contributed by atoms with Crippen molar-refractivity contribution in [3.05, 3.63) is 0 Å². The minimum atomic E-state index is 0.360. The van der Waals surface area contributed by atoms with Crippen LogP contribution in [-0.4, -0.2) is 19.6 Å². The summed E-state index contributed by atoms with van der Waals surface area (Å²) in [4.78, 5) is 0. The van der Waals surface area contributed by atoms with Crippen LogP contribution in [0.15, 0.2) is 0 Å². The van der Waals surface area contributed by atoms with E-state index < -0.39 is 0 Å². The number of rotatable bonds is 5. The molecule has 0 radical (unpaired) electrons. The first-order chi connectivity index (χ1) is 4.66. The molecule has 0 fully saturated rings. The zero-order valence-electron chi connectivity index (χ0n) is 7.35. The smallest absolute Gasteiger partial charge is 0.00105 e. The van der Waals surface area contributed by atoms with Crippen LogP contribution in [0, 0.1) is 5.92 Å². The maximum absolute atomic E-state index is 5.62. The third kappa shape index (κ3) is 6.05. The first-order valence-electron chi connectivity index (χ1n) is 4.07. The van der Waals surface area contributed by atoms with Gasteiger partial charge in [0.2, 0.25) is 0 Å². The van der Waals surface area contributed by atoms with Crippen LogP contribution in [0.5, 0.6) is 0 Å². The molecule has 0 aromatic rings. The Hall–Kier alpha value is -0.0800. The normalized spacial score (nSPS) is 16.8. The molecular formula is C8H20N2. The zero-order chi connectivity index (χ0) is 7.98. The lowest BCUT2D eigenvalue weighted by Crippen LogP contribution is -2.20. The average Bonchev–Trinajstić information content (AvgIpc) is 1.85. The summed E-state index contributed by atoms with van der Waals surface area (Å²) in [5.74, 6) is 0.760. The second kappa shape index (κ2) is 5.69. The largest absolute Gasteiger partial charge is 0.328 e. The molecule has 2 nitrogen and oxygen atoms in total. The molecule has 62 valence electrons. The van der Waals surface area contributed by atoms with Crippen LogP contribution in [0.4, 0.5) is 0 Å². The van der Waals surface area contributed by atoms with E-state index in [0.717, 1.165) is 18.9 Å². The van der Waals surface area contributed by atoms with Gasteiger partial charge in [-0.2, -0.15) is 0 Å². The molecule has 2 heteroatoms. The van der Waals surface area contributed by atoms with Crippen LogP contribution in [0.25, 0.3) is 0 Å². The van der Waals surface area contributed by atoms with E-state index in [4.69, 9.17) is 5.73 Å². The Morgan fingerprint density at radius 3 is 2.30 bits per heavy atom. The fraction of sp³-hybridized carbons (Fsp3) is 1.00. The van der Waals surface area contributed by atoms with E-state index in [0.29, 0.717) is 6.04 Å². The average molecular weight is 144 g/mol. The van der Waals surface area contributed by atoms with Crippen LogP contribution in [0.2, 0.25) is 0 Å². The molecule has 0 saturated heterocycles. The summed E-state index contributed by atoms with van der Waals surface area (Å²) < 4.78 is 0. The molecule has 0 aromatic heterocycles. The molecule has 0 aliphatic carbocycles. The van der Waals surface area contributed by atoms with E-state index in [2.05, 4.69) is 19.2 Å². The Morgan fingerprint density at radius 1 is 1.30 bits per heavy atom. The van der Waals surface area contributed by atoms with Crippen LogP contribution >= 0.6 is 0 Å². The second-order valence-electron chi connectivity index (χ2n) is 3.22. The van der Waals surface area contributed by atoms with Crippen molar-refractivity contribution in [2.45, 2.75) is 32.7 Å². The molecule has 10 heavy (non-hydrogen) atoms. The molecule has 2 unspecified atom stereocenters. The van der Waals surface area contributed by atoms with E-state index in [1.54, 1.807) is 0 Å². The standard InChI is InChI=1S/C8H20N2/c1-7(6-10-3)4-5-8(2)9/h7-8,10H,4-6,9H2,1-3H3. The maximum atomic E-state index is 5.62. The van der Waals surface area contributed by atoms with Gasteiger partial charge < -0.3 is 11.1 Å². The highest BCUT2D eigenvalue weighted by atomic mass is 14.8. The topological polar surface area (TPSA) is 38.0 Å². The van der Waals surface area contributed by atoms with Crippen molar-refractivity contribution in [3.8, 4) is 0 Å². The molecule has 0 saturated carbocycles. The van der Waals surface area contributed by atoms with Crippen molar-refractivity contribution >= 4 is 0 Å². The van der Waals surface area contributed by atoms with Gasteiger partial charge in [0.05, 0.1) is 0 Å². The van der Waals surface area contributed by atoms with Crippen molar-refractivity contribution < 1.29 is 0 Å². The van der Waals surface area contributed by atoms with Gasteiger partial charge in [0.15, 0.2) is 0 Å². The molecule has 0 rings (SSSR count). The molecule has 0 bridgehead atoms. The molecule has 0 aliphatic heterocycles. The molecule has 0 aromatic carbocycles. The summed E-state index contributed by atoms with van der Waals surface area (Å²) in [7, 11) is 1.99. The quantitative estimate of drug-likeness (QED) is 0.603. The summed E-state index contributed by atoms with van der Waals surface area (Å²) in [6.07, 6.45) is 2.38. The van der Waals surface area contributed by atoms with Crippen LogP contribution < -0.4 is 11.1 Å². The Bertz CT molecular complexity index is 71.7. The number of hydrogen-bond acceptors (Lipinski definition) is 2. The van der Waals surface area contributed by atoms with Gasteiger partial charge in [0.1, 0.15) is 0 Å². The van der Waals surface area contributed by atoms with E-state index >= 15 is 0 Å².